The van der Waals surface area contributed by atoms with Crippen LogP contribution in [-0.2, 0) is 4.74 Å². The van der Waals surface area contributed by atoms with Gasteiger partial charge >= 0.3 is 5.97 Å². The molecule has 2 aromatic heterocycles. The van der Waals surface area contributed by atoms with Gasteiger partial charge in [0.25, 0.3) is 0 Å². The summed E-state index contributed by atoms with van der Waals surface area (Å²) in [5, 5.41) is 9.73. The Kier molecular flexibility index (Phi) is 5.94. The number of methoxy groups -OCH3 is 1. The number of rotatable bonds is 5. The number of hydrogen-bond acceptors (Lipinski definition) is 6. The SMILES string of the molecule is COC(=O)c1ccccc1-n1c(C)cc(/C=C(\C#N)Sc2nc3ccccc3s2)c1C. The van der Waals surface area contributed by atoms with Gasteiger partial charge in [-0.25, -0.2) is 9.78 Å². The van der Waals surface area contributed by atoms with Gasteiger partial charge in [-0.1, -0.05) is 24.3 Å². The highest BCUT2D eigenvalue weighted by Gasteiger charge is 2.17. The molecule has 7 heteroatoms. The van der Waals surface area contributed by atoms with Crippen molar-refractivity contribution in [2.75, 3.05) is 7.11 Å². The average molecular weight is 446 g/mol. The predicted molar refractivity (Wildman–Crippen MR) is 126 cm³/mol. The van der Waals surface area contributed by atoms with Gasteiger partial charge in [0.2, 0.25) is 0 Å². The highest BCUT2D eigenvalue weighted by molar-refractivity contribution is 8.05. The highest BCUT2D eigenvalue weighted by atomic mass is 32.2. The lowest BCUT2D eigenvalue weighted by Gasteiger charge is -2.13. The van der Waals surface area contributed by atoms with Crippen molar-refractivity contribution in [2.24, 2.45) is 0 Å². The van der Waals surface area contributed by atoms with Crippen molar-refractivity contribution < 1.29 is 9.53 Å². The van der Waals surface area contributed by atoms with E-state index in [1.165, 1.54) is 18.9 Å². The van der Waals surface area contributed by atoms with Crippen LogP contribution in [0.1, 0.15) is 27.3 Å². The van der Waals surface area contributed by atoms with Crippen LogP contribution in [-0.4, -0.2) is 22.6 Å². The highest BCUT2D eigenvalue weighted by Crippen LogP contribution is 2.35. The van der Waals surface area contributed by atoms with Crippen LogP contribution in [0.25, 0.3) is 22.0 Å². The third kappa shape index (κ3) is 4.13. The van der Waals surface area contributed by atoms with Gasteiger partial charge in [0.1, 0.15) is 6.07 Å². The maximum Gasteiger partial charge on any atom is 0.339 e. The summed E-state index contributed by atoms with van der Waals surface area (Å²) in [6.45, 7) is 3.95. The van der Waals surface area contributed by atoms with Gasteiger partial charge in [-0.15, -0.1) is 11.3 Å². The molecule has 0 spiro atoms. The third-order valence-electron chi connectivity index (χ3n) is 4.89. The van der Waals surface area contributed by atoms with Crippen molar-refractivity contribution in [3.63, 3.8) is 0 Å². The maximum absolute atomic E-state index is 12.2. The van der Waals surface area contributed by atoms with Crippen LogP contribution >= 0.6 is 23.1 Å². The number of carbonyl (C=O) groups is 1. The fraction of sp³-hybridized carbons (Fsp3) is 0.125. The number of fused-ring (bicyclic) bond motifs is 1. The third-order valence-corrected chi connectivity index (χ3v) is 6.91. The zero-order valence-corrected chi connectivity index (χ0v) is 18.9. The standard InChI is InChI=1S/C24H19N3O2S2/c1-15-12-17(16(2)27(15)21-10-6-4-8-19(21)23(28)29-3)13-18(14-25)30-24-26-20-9-5-7-11-22(20)31-24/h4-13H,1-3H3/b18-13+. The van der Waals surface area contributed by atoms with E-state index in [0.717, 1.165) is 37.2 Å². The summed E-state index contributed by atoms with van der Waals surface area (Å²) in [5.74, 6) is -0.385. The molecule has 0 unspecified atom stereocenters. The van der Waals surface area contributed by atoms with Gasteiger partial charge in [0.05, 0.1) is 33.5 Å². The number of ether oxygens (including phenoxy) is 1. The summed E-state index contributed by atoms with van der Waals surface area (Å²) in [6, 6.07) is 19.6. The van der Waals surface area contributed by atoms with Gasteiger partial charge in [-0.3, -0.25) is 0 Å². The van der Waals surface area contributed by atoms with E-state index in [4.69, 9.17) is 4.74 Å². The van der Waals surface area contributed by atoms with Crippen molar-refractivity contribution in [3.8, 4) is 11.8 Å². The summed E-state index contributed by atoms with van der Waals surface area (Å²) < 4.78 is 8.88. The number of thiazole rings is 1. The number of thioether (sulfide) groups is 1. The Morgan fingerprint density at radius 3 is 2.68 bits per heavy atom. The van der Waals surface area contributed by atoms with Crippen molar-refractivity contribution in [1.29, 1.82) is 5.26 Å². The Hall–Kier alpha value is -3.34. The number of para-hydroxylation sites is 2. The largest absolute Gasteiger partial charge is 0.465 e. The molecule has 31 heavy (non-hydrogen) atoms. The van der Waals surface area contributed by atoms with E-state index in [1.54, 1.807) is 17.4 Å². The summed E-state index contributed by atoms with van der Waals surface area (Å²) in [4.78, 5) is 17.4. The second-order valence-electron chi connectivity index (χ2n) is 6.84. The summed E-state index contributed by atoms with van der Waals surface area (Å²) >= 11 is 2.94. The number of esters is 1. The maximum atomic E-state index is 12.2. The average Bonchev–Trinajstić information content (AvgIpc) is 3.32. The second-order valence-corrected chi connectivity index (χ2v) is 9.16. The van der Waals surface area contributed by atoms with E-state index in [-0.39, 0.29) is 5.97 Å². The zero-order valence-electron chi connectivity index (χ0n) is 17.2. The lowest BCUT2D eigenvalue weighted by atomic mass is 10.1. The van der Waals surface area contributed by atoms with Crippen LogP contribution in [0.2, 0.25) is 0 Å². The van der Waals surface area contributed by atoms with E-state index in [9.17, 15) is 10.1 Å². The van der Waals surface area contributed by atoms with Gasteiger partial charge in [-0.05, 0) is 67.6 Å². The van der Waals surface area contributed by atoms with E-state index >= 15 is 0 Å². The van der Waals surface area contributed by atoms with E-state index < -0.39 is 0 Å². The quantitative estimate of drug-likeness (QED) is 0.209. The molecule has 0 radical (unpaired) electrons. The van der Waals surface area contributed by atoms with Crippen molar-refractivity contribution >= 4 is 45.4 Å². The minimum atomic E-state index is -0.385. The topological polar surface area (TPSA) is 67.9 Å². The molecule has 0 atom stereocenters. The molecule has 5 nitrogen and oxygen atoms in total. The number of allylic oxidation sites excluding steroid dienone is 1. The van der Waals surface area contributed by atoms with E-state index in [1.807, 2.05) is 73.0 Å². The van der Waals surface area contributed by atoms with Crippen LogP contribution in [0.4, 0.5) is 0 Å². The first-order valence-electron chi connectivity index (χ1n) is 9.53. The lowest BCUT2D eigenvalue weighted by Crippen LogP contribution is -2.09. The number of benzene rings is 2. The number of aromatic nitrogens is 2. The molecular formula is C24H19N3O2S2. The van der Waals surface area contributed by atoms with Crippen molar-refractivity contribution in [3.05, 3.63) is 82.0 Å². The minimum Gasteiger partial charge on any atom is -0.465 e. The van der Waals surface area contributed by atoms with Crippen LogP contribution < -0.4 is 0 Å². The molecule has 154 valence electrons. The molecule has 0 aliphatic heterocycles. The molecular weight excluding hydrogens is 426 g/mol. The van der Waals surface area contributed by atoms with Gasteiger partial charge in [0, 0.05) is 11.4 Å². The number of aryl methyl sites for hydroxylation is 1. The summed E-state index contributed by atoms with van der Waals surface area (Å²) in [6.07, 6.45) is 1.87. The first-order chi connectivity index (χ1) is 15.0. The molecule has 0 saturated heterocycles. The molecule has 0 fully saturated rings. The molecule has 2 aromatic carbocycles. The smallest absolute Gasteiger partial charge is 0.339 e. The Bertz CT molecular complexity index is 1330. The Labute approximate surface area is 188 Å². The number of nitriles is 1. The predicted octanol–water partition coefficient (Wildman–Crippen LogP) is 6.15. The fourth-order valence-electron chi connectivity index (χ4n) is 3.47. The lowest BCUT2D eigenvalue weighted by molar-refractivity contribution is 0.0600. The van der Waals surface area contributed by atoms with Crippen LogP contribution in [0.15, 0.2) is 63.8 Å². The molecule has 0 bridgehead atoms. The summed E-state index contributed by atoms with van der Waals surface area (Å²) in [7, 11) is 1.38. The fourth-order valence-corrected chi connectivity index (χ4v) is 5.44. The molecule has 0 saturated carbocycles. The number of nitrogens with zero attached hydrogens (tertiary/aromatic N) is 3. The van der Waals surface area contributed by atoms with Crippen molar-refractivity contribution in [1.82, 2.24) is 9.55 Å². The van der Waals surface area contributed by atoms with Gasteiger partial charge in [-0.2, -0.15) is 5.26 Å². The number of hydrogen-bond donors (Lipinski definition) is 0. The molecule has 4 rings (SSSR count). The first kappa shape index (κ1) is 20.9. The van der Waals surface area contributed by atoms with Gasteiger partial charge < -0.3 is 9.30 Å². The Morgan fingerprint density at radius 2 is 1.94 bits per heavy atom. The second kappa shape index (κ2) is 8.80. The molecule has 0 amide bonds. The summed E-state index contributed by atoms with van der Waals surface area (Å²) in [5.41, 5.74) is 4.99. The molecule has 0 aliphatic carbocycles. The Morgan fingerprint density at radius 1 is 1.19 bits per heavy atom. The van der Waals surface area contributed by atoms with Crippen LogP contribution in [0.5, 0.6) is 0 Å². The molecule has 0 aliphatic rings. The molecule has 2 heterocycles. The molecule has 4 aromatic rings. The minimum absolute atomic E-state index is 0.385. The zero-order chi connectivity index (χ0) is 22.0. The van der Waals surface area contributed by atoms with Crippen LogP contribution in [0, 0.1) is 25.2 Å². The Balaban J connectivity index is 1.72. The first-order valence-corrected chi connectivity index (χ1v) is 11.2. The van der Waals surface area contributed by atoms with E-state index in [2.05, 4.69) is 11.1 Å². The van der Waals surface area contributed by atoms with Crippen LogP contribution in [0.3, 0.4) is 0 Å². The van der Waals surface area contributed by atoms with Crippen molar-refractivity contribution in [2.45, 2.75) is 18.2 Å². The number of carbonyl (C=O) groups excluding carboxylic acids is 1. The van der Waals surface area contributed by atoms with Gasteiger partial charge in [0.15, 0.2) is 4.34 Å². The molecule has 0 N–H and O–H groups in total. The monoisotopic (exact) mass is 445 g/mol. The normalized spacial score (nSPS) is 11.5. The van der Waals surface area contributed by atoms with E-state index in [0.29, 0.717) is 10.5 Å².